The molecule has 0 aromatic heterocycles. The highest BCUT2D eigenvalue weighted by molar-refractivity contribution is 4.82. The van der Waals surface area contributed by atoms with Gasteiger partial charge in [-0.2, -0.15) is 0 Å². The van der Waals surface area contributed by atoms with Crippen LogP contribution in [0.4, 0.5) is 0 Å². The average molecular weight is 210 g/mol. The van der Waals surface area contributed by atoms with Crippen LogP contribution in [0.25, 0.3) is 0 Å². The van der Waals surface area contributed by atoms with E-state index in [1.54, 1.807) is 0 Å². The van der Waals surface area contributed by atoms with Gasteiger partial charge in [-0.1, -0.05) is 19.3 Å². The van der Waals surface area contributed by atoms with Gasteiger partial charge < -0.3 is 11.1 Å². The van der Waals surface area contributed by atoms with E-state index in [4.69, 9.17) is 5.73 Å². The molecule has 0 aromatic carbocycles. The van der Waals surface area contributed by atoms with Gasteiger partial charge in [0.2, 0.25) is 0 Å². The molecule has 3 N–H and O–H groups in total. The minimum absolute atomic E-state index is 0.477. The minimum Gasteiger partial charge on any atom is -0.328 e. The number of nitrogens with two attached hydrogens (primary N) is 1. The first-order chi connectivity index (χ1) is 7.24. The van der Waals surface area contributed by atoms with Crippen LogP contribution in [0.15, 0.2) is 0 Å². The third-order valence-corrected chi connectivity index (χ3v) is 4.20. The zero-order valence-corrected chi connectivity index (χ0v) is 10.0. The molecule has 0 amide bonds. The number of hydrogen-bond donors (Lipinski definition) is 2. The molecule has 88 valence electrons. The lowest BCUT2D eigenvalue weighted by atomic mass is 9.81. The summed E-state index contributed by atoms with van der Waals surface area (Å²) in [6, 6.07) is 1.94. The molecule has 2 saturated carbocycles. The first-order valence-corrected chi connectivity index (χ1v) is 6.75. The molecule has 2 heteroatoms. The first-order valence-electron chi connectivity index (χ1n) is 6.75. The lowest BCUT2D eigenvalue weighted by Crippen LogP contribution is -2.42. The molecule has 2 aliphatic rings. The van der Waals surface area contributed by atoms with Crippen LogP contribution in [0.3, 0.4) is 0 Å². The van der Waals surface area contributed by atoms with Gasteiger partial charge in [0.25, 0.3) is 0 Å². The Morgan fingerprint density at radius 1 is 1.13 bits per heavy atom. The fraction of sp³-hybridized carbons (Fsp3) is 1.00. The second-order valence-electron chi connectivity index (χ2n) is 5.71. The molecule has 0 aliphatic heterocycles. The summed E-state index contributed by atoms with van der Waals surface area (Å²) in [6.07, 6.45) is 10.8. The smallest absolute Gasteiger partial charge is 0.00706 e. The van der Waals surface area contributed by atoms with Crippen LogP contribution in [0.1, 0.15) is 58.3 Å². The van der Waals surface area contributed by atoms with Crippen LogP contribution in [0.2, 0.25) is 0 Å². The maximum atomic E-state index is 5.91. The molecule has 1 atom stereocenters. The Labute approximate surface area is 94.0 Å². The van der Waals surface area contributed by atoms with E-state index in [2.05, 4.69) is 12.2 Å². The van der Waals surface area contributed by atoms with Crippen molar-refractivity contribution in [1.82, 2.24) is 5.32 Å². The third kappa shape index (κ3) is 3.46. The van der Waals surface area contributed by atoms with Gasteiger partial charge in [0.1, 0.15) is 0 Å². The summed E-state index contributed by atoms with van der Waals surface area (Å²) in [5, 5.41) is 3.78. The minimum atomic E-state index is 0.477. The molecule has 1 unspecified atom stereocenters. The van der Waals surface area contributed by atoms with Crippen molar-refractivity contribution in [3.05, 3.63) is 0 Å². The molecule has 0 heterocycles. The summed E-state index contributed by atoms with van der Waals surface area (Å²) >= 11 is 0. The van der Waals surface area contributed by atoms with Crippen molar-refractivity contribution in [2.24, 2.45) is 11.7 Å². The normalized spacial score (nSPS) is 34.8. The molecular formula is C13H26N2. The predicted octanol–water partition coefficient (Wildman–Crippen LogP) is 2.42. The largest absolute Gasteiger partial charge is 0.328 e. The van der Waals surface area contributed by atoms with Crippen molar-refractivity contribution >= 4 is 0 Å². The zero-order chi connectivity index (χ0) is 10.7. The van der Waals surface area contributed by atoms with Crippen LogP contribution < -0.4 is 11.1 Å². The molecule has 0 bridgehead atoms. The summed E-state index contributed by atoms with van der Waals surface area (Å²) < 4.78 is 0. The monoisotopic (exact) mass is 210 g/mol. The molecule has 15 heavy (non-hydrogen) atoms. The second-order valence-corrected chi connectivity index (χ2v) is 5.71. The molecule has 2 fully saturated rings. The average Bonchev–Trinajstić information content (AvgIpc) is 2.16. The van der Waals surface area contributed by atoms with Crippen molar-refractivity contribution in [3.8, 4) is 0 Å². The van der Waals surface area contributed by atoms with E-state index in [1.807, 2.05) is 0 Å². The molecule has 2 nitrogen and oxygen atoms in total. The van der Waals surface area contributed by atoms with Gasteiger partial charge in [-0.05, 0) is 44.9 Å². The van der Waals surface area contributed by atoms with E-state index in [9.17, 15) is 0 Å². The first kappa shape index (κ1) is 11.4. The molecule has 2 rings (SSSR count). The highest BCUT2D eigenvalue weighted by atomic mass is 14.9. The summed E-state index contributed by atoms with van der Waals surface area (Å²) in [7, 11) is 0. The Hall–Kier alpha value is -0.0800. The highest BCUT2D eigenvalue weighted by Crippen LogP contribution is 2.30. The van der Waals surface area contributed by atoms with E-state index in [0.717, 1.165) is 18.0 Å². The topological polar surface area (TPSA) is 38.0 Å². The van der Waals surface area contributed by atoms with Gasteiger partial charge in [-0.3, -0.25) is 0 Å². The summed E-state index contributed by atoms with van der Waals surface area (Å²) in [5.74, 6) is 1.03. The molecule has 0 spiro atoms. The maximum absolute atomic E-state index is 5.91. The van der Waals surface area contributed by atoms with Gasteiger partial charge in [0, 0.05) is 18.1 Å². The fourth-order valence-electron chi connectivity index (χ4n) is 2.98. The van der Waals surface area contributed by atoms with Crippen molar-refractivity contribution in [2.75, 3.05) is 0 Å². The fourth-order valence-corrected chi connectivity index (χ4v) is 2.98. The number of rotatable bonds is 4. The SMILES string of the molecule is CC(CC1CCC1)NC1CCC(N)CC1. The van der Waals surface area contributed by atoms with Crippen molar-refractivity contribution in [1.29, 1.82) is 0 Å². The third-order valence-electron chi connectivity index (χ3n) is 4.20. The molecule has 0 radical (unpaired) electrons. The Balaban J connectivity index is 1.62. The zero-order valence-electron chi connectivity index (χ0n) is 10.0. The van der Waals surface area contributed by atoms with Crippen molar-refractivity contribution < 1.29 is 0 Å². The van der Waals surface area contributed by atoms with E-state index in [0.29, 0.717) is 6.04 Å². The van der Waals surface area contributed by atoms with Gasteiger partial charge in [-0.15, -0.1) is 0 Å². The van der Waals surface area contributed by atoms with Gasteiger partial charge in [-0.25, -0.2) is 0 Å². The van der Waals surface area contributed by atoms with Gasteiger partial charge in [0.05, 0.1) is 0 Å². The summed E-state index contributed by atoms with van der Waals surface area (Å²) in [4.78, 5) is 0. The number of hydrogen-bond acceptors (Lipinski definition) is 2. The standard InChI is InChI=1S/C13H26N2/c1-10(9-11-3-2-4-11)15-13-7-5-12(14)6-8-13/h10-13,15H,2-9,14H2,1H3. The van der Waals surface area contributed by atoms with E-state index < -0.39 is 0 Å². The molecular weight excluding hydrogens is 184 g/mol. The van der Waals surface area contributed by atoms with Gasteiger partial charge >= 0.3 is 0 Å². The van der Waals surface area contributed by atoms with E-state index in [-0.39, 0.29) is 0 Å². The van der Waals surface area contributed by atoms with E-state index in [1.165, 1.54) is 51.4 Å². The van der Waals surface area contributed by atoms with Crippen LogP contribution in [0, 0.1) is 5.92 Å². The highest BCUT2D eigenvalue weighted by Gasteiger charge is 2.23. The lowest BCUT2D eigenvalue weighted by Gasteiger charge is -2.33. The van der Waals surface area contributed by atoms with Crippen molar-refractivity contribution in [3.63, 3.8) is 0 Å². The Morgan fingerprint density at radius 2 is 1.80 bits per heavy atom. The summed E-state index contributed by atoms with van der Waals surface area (Å²) in [6.45, 7) is 2.35. The molecule has 0 aromatic rings. The summed E-state index contributed by atoms with van der Waals surface area (Å²) in [5.41, 5.74) is 5.91. The lowest BCUT2D eigenvalue weighted by molar-refractivity contribution is 0.242. The Bertz CT molecular complexity index is 181. The van der Waals surface area contributed by atoms with Crippen LogP contribution in [-0.4, -0.2) is 18.1 Å². The molecule has 0 saturated heterocycles. The number of nitrogens with one attached hydrogen (secondary N) is 1. The predicted molar refractivity (Wildman–Crippen MR) is 64.8 cm³/mol. The van der Waals surface area contributed by atoms with E-state index >= 15 is 0 Å². The Morgan fingerprint density at radius 3 is 2.33 bits per heavy atom. The van der Waals surface area contributed by atoms with Crippen LogP contribution in [-0.2, 0) is 0 Å². The van der Waals surface area contributed by atoms with Crippen LogP contribution >= 0.6 is 0 Å². The second kappa shape index (κ2) is 5.31. The van der Waals surface area contributed by atoms with Crippen molar-refractivity contribution in [2.45, 2.75) is 76.4 Å². The van der Waals surface area contributed by atoms with Gasteiger partial charge in [0.15, 0.2) is 0 Å². The molecule has 2 aliphatic carbocycles. The maximum Gasteiger partial charge on any atom is 0.00706 e. The Kier molecular flexibility index (Phi) is 4.04. The van der Waals surface area contributed by atoms with Crippen LogP contribution in [0.5, 0.6) is 0 Å². The quantitative estimate of drug-likeness (QED) is 0.748.